The highest BCUT2D eigenvalue weighted by Gasteiger charge is 2.49. The zero-order valence-corrected chi connectivity index (χ0v) is 49.6. The standard InChI is InChI=1S/C70H53B3N6O3S3/c1-6-7-26-56-40(2)50-30-41-28-46(80-43-19-11-8-12-20-43)32-59-66(41)72(69(50)75-56)52-36-53-60(38-58(52)74-59)77(83-3)64-34-48(82-45-23-15-10-16-24-45)35-65-68(64)71(53)54-37-55-62(39-61(54)79(65)85-5)78(84-4)63-33-47(81-44-21-13-9-14-22-44)29-42-31-51-49-25-17-18-27-57(49)76-70(51)73(55)67(42)63/h6-29,32-39,74-76H,1,30-31H2,2-5H3/b26-7-. The first-order valence-corrected chi connectivity index (χ1v) is 32.3. The van der Waals surface area contributed by atoms with Gasteiger partial charge in [0.25, 0.3) is 20.1 Å². The van der Waals surface area contributed by atoms with Crippen LogP contribution in [0.15, 0.2) is 195 Å². The molecule has 17 rings (SSSR count). The number of ether oxygens (including phenoxy) is 3. The van der Waals surface area contributed by atoms with Gasteiger partial charge < -0.3 is 29.5 Å². The Morgan fingerprint density at radius 3 is 1.56 bits per heavy atom. The van der Waals surface area contributed by atoms with Crippen molar-refractivity contribution in [1.82, 2.24) is 9.97 Å². The number of rotatable bonds is 11. The molecule has 6 aliphatic heterocycles. The molecule has 8 heterocycles. The molecular formula is C70H53B3N6O3S3. The predicted molar refractivity (Wildman–Crippen MR) is 365 cm³/mol. The van der Waals surface area contributed by atoms with E-state index in [0.717, 1.165) is 104 Å². The minimum Gasteiger partial charge on any atom is -0.457 e. The number of H-pyrrole nitrogens is 2. The van der Waals surface area contributed by atoms with Crippen LogP contribution >= 0.6 is 35.8 Å². The number of aromatic nitrogens is 2. The van der Waals surface area contributed by atoms with Crippen LogP contribution in [0.4, 0.5) is 45.5 Å². The van der Waals surface area contributed by atoms with E-state index in [1.807, 2.05) is 103 Å². The maximum atomic E-state index is 6.89. The molecule has 9 nitrogen and oxygen atoms in total. The third kappa shape index (κ3) is 7.72. The van der Waals surface area contributed by atoms with E-state index in [1.54, 1.807) is 35.8 Å². The van der Waals surface area contributed by atoms with Crippen molar-refractivity contribution in [3.8, 4) is 34.5 Å². The molecule has 0 radical (unpaired) electrons. The Bertz CT molecular complexity index is 4670. The molecule has 0 atom stereocenters. The molecule has 9 aromatic carbocycles. The van der Waals surface area contributed by atoms with E-state index in [0.29, 0.717) is 0 Å². The topological polar surface area (TPSA) is 81.0 Å². The van der Waals surface area contributed by atoms with Gasteiger partial charge in [-0.15, -0.1) is 0 Å². The minimum atomic E-state index is -0.166. The van der Waals surface area contributed by atoms with Crippen molar-refractivity contribution < 1.29 is 14.2 Å². The van der Waals surface area contributed by atoms with Gasteiger partial charge in [-0.3, -0.25) is 12.9 Å². The van der Waals surface area contributed by atoms with E-state index < -0.39 is 0 Å². The van der Waals surface area contributed by atoms with Crippen molar-refractivity contribution in [3.05, 3.63) is 228 Å². The number of fused-ring (bicyclic) bond motifs is 14. The molecule has 0 bridgehead atoms. The molecule has 15 heteroatoms. The first kappa shape index (κ1) is 50.6. The Morgan fingerprint density at radius 1 is 0.459 bits per heavy atom. The van der Waals surface area contributed by atoms with Crippen molar-refractivity contribution in [2.75, 3.05) is 37.0 Å². The summed E-state index contributed by atoms with van der Waals surface area (Å²) < 4.78 is 27.7. The summed E-state index contributed by atoms with van der Waals surface area (Å²) in [7, 11) is 0. The maximum absolute atomic E-state index is 6.89. The Labute approximate surface area is 508 Å². The van der Waals surface area contributed by atoms with Crippen molar-refractivity contribution in [2.45, 2.75) is 19.8 Å². The van der Waals surface area contributed by atoms with Gasteiger partial charge in [-0.2, -0.15) is 0 Å². The molecule has 11 aromatic rings. The van der Waals surface area contributed by atoms with Crippen LogP contribution < -0.4 is 81.9 Å². The van der Waals surface area contributed by atoms with Crippen LogP contribution in [0.5, 0.6) is 34.5 Å². The van der Waals surface area contributed by atoms with Crippen LogP contribution in [0.25, 0.3) is 17.0 Å². The molecule has 0 spiro atoms. The lowest BCUT2D eigenvalue weighted by Gasteiger charge is -2.45. The zero-order valence-electron chi connectivity index (χ0n) is 47.1. The fourth-order valence-electron chi connectivity index (χ4n) is 14.7. The summed E-state index contributed by atoms with van der Waals surface area (Å²) in [5.41, 5.74) is 29.0. The number of benzene rings is 9. The summed E-state index contributed by atoms with van der Waals surface area (Å²) in [6.45, 7) is 5.96. The van der Waals surface area contributed by atoms with Gasteiger partial charge >= 0.3 is 0 Å². The molecule has 0 aliphatic carbocycles. The average molecular weight is 1150 g/mol. The van der Waals surface area contributed by atoms with Crippen LogP contribution in [0.2, 0.25) is 0 Å². The number of hydrogen-bond donors (Lipinski definition) is 3. The first-order valence-electron chi connectivity index (χ1n) is 28.8. The van der Waals surface area contributed by atoms with E-state index in [-0.39, 0.29) is 20.1 Å². The summed E-state index contributed by atoms with van der Waals surface area (Å²) in [4.78, 5) is 8.06. The highest BCUT2D eigenvalue weighted by Crippen LogP contribution is 2.48. The maximum Gasteiger partial charge on any atom is 0.267 e. The van der Waals surface area contributed by atoms with Gasteiger partial charge in [0.1, 0.15) is 34.5 Å². The summed E-state index contributed by atoms with van der Waals surface area (Å²) in [6.07, 6.45) is 14.2. The van der Waals surface area contributed by atoms with E-state index in [4.69, 9.17) is 14.2 Å². The lowest BCUT2D eigenvalue weighted by molar-refractivity contribution is 0.482. The number of nitrogens with zero attached hydrogens (tertiary/aromatic N) is 3. The monoisotopic (exact) mass is 1150 g/mol. The molecule has 3 N–H and O–H groups in total. The number of aromatic amines is 2. The fourth-order valence-corrected chi connectivity index (χ4v) is 16.8. The molecule has 0 saturated heterocycles. The summed E-state index contributed by atoms with van der Waals surface area (Å²) in [6, 6.07) is 62.9. The summed E-state index contributed by atoms with van der Waals surface area (Å²) >= 11 is 5.21. The number of allylic oxidation sites excluding steroid dienone is 2. The molecule has 408 valence electrons. The lowest BCUT2D eigenvalue weighted by atomic mass is 9.29. The second-order valence-electron chi connectivity index (χ2n) is 22.6. The van der Waals surface area contributed by atoms with Crippen molar-refractivity contribution in [3.63, 3.8) is 0 Å². The Hall–Kier alpha value is -8.88. The molecule has 85 heavy (non-hydrogen) atoms. The van der Waals surface area contributed by atoms with Gasteiger partial charge in [-0.1, -0.05) is 104 Å². The highest BCUT2D eigenvalue weighted by molar-refractivity contribution is 8.01. The van der Waals surface area contributed by atoms with Gasteiger partial charge in [0.2, 0.25) is 0 Å². The van der Waals surface area contributed by atoms with E-state index >= 15 is 0 Å². The first-order chi connectivity index (χ1) is 41.8. The average Bonchev–Trinajstić information content (AvgIpc) is 1.52. The number of hydrogen-bond acceptors (Lipinski definition) is 10. The van der Waals surface area contributed by atoms with Crippen LogP contribution in [0, 0.1) is 6.92 Å². The second kappa shape index (κ2) is 19.6. The SMILES string of the molecule is C=C/C=C\c1[nH]c2c(c1C)Cc1cc(Oc3ccccc3)cc3c1B2c1cc2c(cc1N3)N(SC)c1cc(Oc3ccccc3)cc3c1B2c1cc2c(cc1N3SC)N(SC)c1cc(Oc3ccccc3)cc3c1B2c1[nH]c2ccccc2c1C3. The largest absolute Gasteiger partial charge is 0.457 e. The van der Waals surface area contributed by atoms with Gasteiger partial charge in [0.05, 0.1) is 17.1 Å². The number of para-hydroxylation sites is 4. The molecule has 6 aliphatic rings. The van der Waals surface area contributed by atoms with Gasteiger partial charge in [-0.25, -0.2) is 0 Å². The zero-order chi connectivity index (χ0) is 56.8. The Balaban J connectivity index is 0.912. The lowest BCUT2D eigenvalue weighted by Crippen LogP contribution is -2.66. The number of anilines is 8. The minimum absolute atomic E-state index is 0.0776. The van der Waals surface area contributed by atoms with Crippen LogP contribution in [-0.4, -0.2) is 48.9 Å². The van der Waals surface area contributed by atoms with Crippen LogP contribution in [-0.2, 0) is 12.8 Å². The highest BCUT2D eigenvalue weighted by atomic mass is 32.2. The Morgan fingerprint density at radius 2 is 0.953 bits per heavy atom. The van der Waals surface area contributed by atoms with Crippen molar-refractivity contribution in [2.24, 2.45) is 0 Å². The number of nitrogens with one attached hydrogen (secondary N) is 3. The van der Waals surface area contributed by atoms with Crippen LogP contribution in [0.1, 0.15) is 33.5 Å². The van der Waals surface area contributed by atoms with Gasteiger partial charge in [0.15, 0.2) is 0 Å². The fraction of sp³-hybridized carbons (Fsp3) is 0.0857. The molecule has 0 fully saturated rings. The van der Waals surface area contributed by atoms with Gasteiger partial charge in [-0.05, 0) is 206 Å². The van der Waals surface area contributed by atoms with Gasteiger partial charge in [0, 0.05) is 88.1 Å². The van der Waals surface area contributed by atoms with E-state index in [2.05, 4.69) is 151 Å². The normalized spacial score (nSPS) is 14.1. The third-order valence-corrected chi connectivity index (χ3v) is 20.4. The molecule has 2 aromatic heterocycles. The molecule has 0 saturated carbocycles. The Kier molecular flexibility index (Phi) is 11.7. The second-order valence-corrected chi connectivity index (χ2v) is 24.8. The van der Waals surface area contributed by atoms with E-state index in [1.165, 1.54) is 82.6 Å². The quantitative estimate of drug-likeness (QED) is 0.0662. The molecule has 0 unspecified atom stereocenters. The molecule has 0 amide bonds. The van der Waals surface area contributed by atoms with Crippen LogP contribution in [0.3, 0.4) is 0 Å². The van der Waals surface area contributed by atoms with Crippen molar-refractivity contribution >= 4 is 168 Å². The smallest absolute Gasteiger partial charge is 0.267 e. The third-order valence-electron chi connectivity index (χ3n) is 18.1. The van der Waals surface area contributed by atoms with E-state index in [9.17, 15) is 0 Å². The predicted octanol–water partition coefficient (Wildman–Crippen LogP) is 12.0. The summed E-state index contributed by atoms with van der Waals surface area (Å²) in [5.74, 6) is 4.82. The molecular weight excluding hydrogens is 1100 g/mol. The summed E-state index contributed by atoms with van der Waals surface area (Å²) in [5, 5.41) is 5.32. The van der Waals surface area contributed by atoms with Crippen molar-refractivity contribution in [1.29, 1.82) is 0 Å².